The maximum absolute atomic E-state index is 13.7. The highest BCUT2D eigenvalue weighted by Gasteiger charge is 2.19. The molecule has 1 atom stereocenters. The van der Waals surface area contributed by atoms with Crippen LogP contribution in [0.4, 0.5) is 9.52 Å². The van der Waals surface area contributed by atoms with Crippen LogP contribution in [0, 0.1) is 5.82 Å². The number of carbonyl (C=O) groups excluding carboxylic acids is 1. The number of anilines is 1. The zero-order valence-corrected chi connectivity index (χ0v) is 12.0. The Labute approximate surface area is 119 Å². The fourth-order valence-corrected chi connectivity index (χ4v) is 2.82. The molecule has 19 heavy (non-hydrogen) atoms. The number of thiazole rings is 1. The van der Waals surface area contributed by atoms with E-state index in [1.165, 1.54) is 17.4 Å². The number of rotatable bonds is 4. The van der Waals surface area contributed by atoms with Crippen molar-refractivity contribution in [2.75, 3.05) is 11.9 Å². The first kappa shape index (κ1) is 14.0. The third kappa shape index (κ3) is 2.77. The summed E-state index contributed by atoms with van der Waals surface area (Å²) in [6.07, 6.45) is 0.672. The van der Waals surface area contributed by atoms with Gasteiger partial charge in [-0.2, -0.15) is 0 Å². The van der Waals surface area contributed by atoms with E-state index in [1.807, 2.05) is 6.92 Å². The number of nitrogens with zero attached hydrogens (tertiary/aromatic N) is 2. The zero-order valence-electron chi connectivity index (χ0n) is 10.4. The van der Waals surface area contributed by atoms with Gasteiger partial charge in [0, 0.05) is 12.6 Å². The summed E-state index contributed by atoms with van der Waals surface area (Å²) in [5, 5.41) is 0.769. The molecule has 0 aliphatic heterocycles. The molecule has 0 saturated carbocycles. The zero-order chi connectivity index (χ0) is 14.0. The lowest BCUT2D eigenvalue weighted by Gasteiger charge is -2.24. The van der Waals surface area contributed by atoms with Gasteiger partial charge in [-0.05, 0) is 13.0 Å². The van der Waals surface area contributed by atoms with Crippen LogP contribution in [0.15, 0.2) is 24.3 Å². The Morgan fingerprint density at radius 1 is 1.47 bits per heavy atom. The van der Waals surface area contributed by atoms with Crippen LogP contribution < -0.4 is 4.90 Å². The number of carbonyl (C=O) groups is 1. The Morgan fingerprint density at radius 2 is 2.16 bits per heavy atom. The summed E-state index contributed by atoms with van der Waals surface area (Å²) in [6.45, 7) is 1.87. The molecule has 0 bridgehead atoms. The minimum absolute atomic E-state index is 0.183. The van der Waals surface area contributed by atoms with Crippen molar-refractivity contribution in [3.8, 4) is 0 Å². The van der Waals surface area contributed by atoms with Crippen LogP contribution in [-0.2, 0) is 0 Å². The predicted molar refractivity (Wildman–Crippen MR) is 75.7 cm³/mol. The molecule has 0 aliphatic rings. The molecule has 6 heteroatoms. The highest BCUT2D eigenvalue weighted by Crippen LogP contribution is 2.33. The van der Waals surface area contributed by atoms with Crippen molar-refractivity contribution in [1.29, 1.82) is 0 Å². The maximum atomic E-state index is 13.7. The number of halogens is 2. The minimum Gasteiger partial charge on any atom is -0.344 e. The van der Waals surface area contributed by atoms with E-state index < -0.39 is 0 Å². The fraction of sp³-hybridized carbons (Fsp3) is 0.231. The standard InChI is InChI=1S/C13H12ClFN2OS/c1-8(9-5-3-4-6-10(9)15)17(2)13-16-12(14)11(7-18)19-13/h3-8H,1-2H3. The minimum atomic E-state index is -0.264. The van der Waals surface area contributed by atoms with Gasteiger partial charge in [-0.15, -0.1) is 0 Å². The van der Waals surface area contributed by atoms with Gasteiger partial charge in [-0.3, -0.25) is 4.79 Å². The van der Waals surface area contributed by atoms with Crippen molar-refractivity contribution in [3.63, 3.8) is 0 Å². The smallest absolute Gasteiger partial charge is 0.187 e. The highest BCUT2D eigenvalue weighted by atomic mass is 35.5. The van der Waals surface area contributed by atoms with Crippen molar-refractivity contribution in [1.82, 2.24) is 4.98 Å². The van der Waals surface area contributed by atoms with Crippen molar-refractivity contribution in [3.05, 3.63) is 45.7 Å². The third-order valence-electron chi connectivity index (χ3n) is 2.94. The molecule has 0 radical (unpaired) electrons. The predicted octanol–water partition coefficient (Wildman–Crippen LogP) is 3.95. The quantitative estimate of drug-likeness (QED) is 0.802. The topological polar surface area (TPSA) is 33.2 Å². The first-order chi connectivity index (χ1) is 9.04. The molecule has 2 aromatic rings. The van der Waals surface area contributed by atoms with Crippen LogP contribution >= 0.6 is 22.9 Å². The summed E-state index contributed by atoms with van der Waals surface area (Å²) in [5.74, 6) is -0.264. The van der Waals surface area contributed by atoms with E-state index in [-0.39, 0.29) is 17.0 Å². The fourth-order valence-electron chi connectivity index (χ4n) is 1.71. The third-order valence-corrected chi connectivity index (χ3v) is 4.41. The van der Waals surface area contributed by atoms with Gasteiger partial charge in [0.05, 0.1) is 6.04 Å². The molecule has 1 unspecified atom stereocenters. The van der Waals surface area contributed by atoms with Crippen molar-refractivity contribution in [2.45, 2.75) is 13.0 Å². The Hall–Kier alpha value is -1.46. The molecular weight excluding hydrogens is 287 g/mol. The summed E-state index contributed by atoms with van der Waals surface area (Å²) >= 11 is 7.03. The van der Waals surface area contributed by atoms with Crippen molar-refractivity contribution in [2.24, 2.45) is 0 Å². The summed E-state index contributed by atoms with van der Waals surface area (Å²) in [5.41, 5.74) is 0.573. The molecule has 100 valence electrons. The Kier molecular flexibility index (Phi) is 4.17. The van der Waals surface area contributed by atoms with Gasteiger partial charge in [0.15, 0.2) is 16.6 Å². The van der Waals surface area contributed by atoms with E-state index in [9.17, 15) is 9.18 Å². The first-order valence-electron chi connectivity index (χ1n) is 5.63. The molecular formula is C13H12ClFN2OS. The van der Waals surface area contributed by atoms with E-state index in [2.05, 4.69) is 4.98 Å². The van der Waals surface area contributed by atoms with Crippen LogP contribution in [0.3, 0.4) is 0 Å². The largest absolute Gasteiger partial charge is 0.344 e. The summed E-state index contributed by atoms with van der Waals surface area (Å²) in [7, 11) is 1.79. The molecule has 0 amide bonds. The lowest BCUT2D eigenvalue weighted by molar-refractivity contribution is 0.112. The Bertz CT molecular complexity index is 602. The Morgan fingerprint density at radius 3 is 2.74 bits per heavy atom. The molecule has 1 heterocycles. The lowest BCUT2D eigenvalue weighted by Crippen LogP contribution is -2.22. The van der Waals surface area contributed by atoms with E-state index >= 15 is 0 Å². The normalized spacial score (nSPS) is 12.2. The van der Waals surface area contributed by atoms with Gasteiger partial charge < -0.3 is 4.90 Å². The van der Waals surface area contributed by atoms with E-state index in [4.69, 9.17) is 11.6 Å². The van der Waals surface area contributed by atoms with Gasteiger partial charge in [0.1, 0.15) is 10.7 Å². The van der Waals surface area contributed by atoms with Gasteiger partial charge in [-0.1, -0.05) is 41.1 Å². The molecule has 0 fully saturated rings. The van der Waals surface area contributed by atoms with Crippen LogP contribution in [0.2, 0.25) is 5.15 Å². The Balaban J connectivity index is 2.30. The SMILES string of the molecule is CC(c1ccccc1F)N(C)c1nc(Cl)c(C=O)s1. The second-order valence-corrected chi connectivity index (χ2v) is 5.44. The lowest BCUT2D eigenvalue weighted by atomic mass is 10.1. The van der Waals surface area contributed by atoms with Gasteiger partial charge >= 0.3 is 0 Å². The van der Waals surface area contributed by atoms with E-state index in [0.717, 1.165) is 0 Å². The summed E-state index contributed by atoms with van der Waals surface area (Å²) in [6, 6.07) is 6.38. The average Bonchev–Trinajstić information content (AvgIpc) is 2.79. The molecule has 3 nitrogen and oxygen atoms in total. The number of hydrogen-bond donors (Lipinski definition) is 0. The molecule has 0 N–H and O–H groups in total. The number of aldehydes is 1. The van der Waals surface area contributed by atoms with E-state index in [1.54, 1.807) is 30.1 Å². The molecule has 0 spiro atoms. The maximum Gasteiger partial charge on any atom is 0.187 e. The second-order valence-electron chi connectivity index (χ2n) is 4.08. The average molecular weight is 299 g/mol. The molecule has 0 saturated heterocycles. The van der Waals surface area contributed by atoms with Crippen molar-refractivity contribution < 1.29 is 9.18 Å². The molecule has 1 aromatic heterocycles. The summed E-state index contributed by atoms with van der Waals surface area (Å²) in [4.78, 5) is 17.1. The second kappa shape index (κ2) is 5.67. The number of benzene rings is 1. The van der Waals surface area contributed by atoms with Crippen molar-refractivity contribution >= 4 is 34.4 Å². The molecule has 2 rings (SSSR count). The molecule has 1 aromatic carbocycles. The first-order valence-corrected chi connectivity index (χ1v) is 6.82. The monoisotopic (exact) mass is 298 g/mol. The highest BCUT2D eigenvalue weighted by molar-refractivity contribution is 7.17. The van der Waals surface area contributed by atoms with Gasteiger partial charge in [0.25, 0.3) is 0 Å². The van der Waals surface area contributed by atoms with Crippen LogP contribution in [-0.4, -0.2) is 18.3 Å². The number of hydrogen-bond acceptors (Lipinski definition) is 4. The molecule has 0 aliphatic carbocycles. The summed E-state index contributed by atoms with van der Waals surface area (Å²) < 4.78 is 13.7. The van der Waals surface area contributed by atoms with Crippen LogP contribution in [0.1, 0.15) is 28.2 Å². The van der Waals surface area contributed by atoms with Crippen LogP contribution in [0.25, 0.3) is 0 Å². The van der Waals surface area contributed by atoms with Gasteiger partial charge in [-0.25, -0.2) is 9.37 Å². The van der Waals surface area contributed by atoms with Crippen LogP contribution in [0.5, 0.6) is 0 Å². The van der Waals surface area contributed by atoms with Gasteiger partial charge in [0.2, 0.25) is 0 Å². The van der Waals surface area contributed by atoms with E-state index in [0.29, 0.717) is 21.9 Å². The number of aromatic nitrogens is 1.